The van der Waals surface area contributed by atoms with Crippen LogP contribution in [0, 0.1) is 79.3 Å². The number of hydrogen-bond acceptors (Lipinski definition) is 7. The fourth-order valence-corrected chi connectivity index (χ4v) is 10.8. The van der Waals surface area contributed by atoms with Gasteiger partial charge in [0.05, 0.1) is 115 Å². The quantitative estimate of drug-likeness (QED) is 0.153. The summed E-state index contributed by atoms with van der Waals surface area (Å²) in [6.45, 7) is 0. The molecule has 0 N–H and O–H groups in total. The molecule has 12 rings (SSSR count). The van der Waals surface area contributed by atoms with E-state index in [2.05, 4.69) is 75.9 Å². The molecule has 346 valence electrons. The highest BCUT2D eigenvalue weighted by Gasteiger charge is 2.26. The van der Waals surface area contributed by atoms with Crippen molar-refractivity contribution in [2.24, 2.45) is 0 Å². The van der Waals surface area contributed by atoms with Gasteiger partial charge in [-0.25, -0.2) is 0 Å². The van der Waals surface area contributed by atoms with Gasteiger partial charge in [-0.2, -0.15) is 36.8 Å². The van der Waals surface area contributed by atoms with Crippen LogP contribution in [0.4, 0.5) is 0 Å². The zero-order valence-electron chi connectivity index (χ0n) is 40.1. The first-order valence-corrected chi connectivity index (χ1v) is 24.1. The number of fused-ring (bicyclic) bond motifs is 6. The zero-order valence-corrected chi connectivity index (χ0v) is 40.1. The predicted molar refractivity (Wildman–Crippen MR) is 295 cm³/mol. The van der Waals surface area contributed by atoms with Crippen LogP contribution in [0.15, 0.2) is 200 Å². The van der Waals surface area contributed by atoms with Crippen LogP contribution in [-0.2, 0) is 0 Å². The van der Waals surface area contributed by atoms with Gasteiger partial charge in [-0.15, -0.1) is 0 Å². The summed E-state index contributed by atoms with van der Waals surface area (Å²) in [7, 11) is 0. The fraction of sp³-hybridized carbons (Fsp3) is 0. The summed E-state index contributed by atoms with van der Waals surface area (Å²) >= 11 is 0. The van der Waals surface area contributed by atoms with E-state index in [1.54, 1.807) is 42.5 Å². The number of nitrogens with zero attached hydrogens (tertiary/aromatic N) is 9. The average molecular weight is 964 g/mol. The SMILES string of the molecule is N#Cc1cc(C#N)cc(-c2c(-n3c4ccc(-c5ccccc5C#N)cc4c4cc(-c5ccccc5C#N)ccc43)cc(C#N)cc2-n2c3ccc(-c4ccccc4C#N)cc3c3cc(-c4ccccc4C#N)ccc32)c1. The molecule has 9 nitrogen and oxygen atoms in total. The van der Waals surface area contributed by atoms with Crippen LogP contribution in [0.5, 0.6) is 0 Å². The van der Waals surface area contributed by atoms with Gasteiger partial charge in [-0.1, -0.05) is 97.1 Å². The molecule has 2 aromatic heterocycles. The van der Waals surface area contributed by atoms with Crippen molar-refractivity contribution in [1.82, 2.24) is 9.13 Å². The van der Waals surface area contributed by atoms with Crippen molar-refractivity contribution in [1.29, 1.82) is 36.8 Å². The Kier molecular flexibility index (Phi) is 11.0. The highest BCUT2D eigenvalue weighted by molar-refractivity contribution is 6.15. The van der Waals surface area contributed by atoms with Crippen LogP contribution in [-0.4, -0.2) is 9.13 Å². The van der Waals surface area contributed by atoms with Crippen molar-refractivity contribution in [3.05, 3.63) is 239 Å². The van der Waals surface area contributed by atoms with E-state index >= 15 is 0 Å². The Hall–Kier alpha value is -11.8. The van der Waals surface area contributed by atoms with Crippen molar-refractivity contribution in [2.75, 3.05) is 0 Å². The van der Waals surface area contributed by atoms with E-state index in [0.29, 0.717) is 50.3 Å². The molecule has 0 spiro atoms. The summed E-state index contributed by atoms with van der Waals surface area (Å²) < 4.78 is 4.22. The number of rotatable bonds is 7. The standard InChI is InChI=1S/C67H33N9/c68-34-41-25-42(35-69)27-52(26-41)67-65(75-61-21-17-44(53-13-5-1-9-48(53)37-71)30-57(61)58-31-45(18-22-62(58)75)54-14-6-2-10-49(54)38-72)28-43(36-70)29-66(67)76-63-23-19-46(55-15-7-3-11-50(55)39-73)32-59(63)60-33-47(20-24-64(60)76)56-16-8-4-12-51(56)40-74/h1-33H. The summed E-state index contributed by atoms with van der Waals surface area (Å²) in [4.78, 5) is 0. The van der Waals surface area contributed by atoms with Gasteiger partial charge in [0.1, 0.15) is 0 Å². The monoisotopic (exact) mass is 963 g/mol. The molecule has 0 bridgehead atoms. The molecular formula is C67H33N9. The first-order valence-electron chi connectivity index (χ1n) is 24.1. The molecule has 0 aliphatic heterocycles. The molecule has 12 aromatic rings. The van der Waals surface area contributed by atoms with Crippen molar-refractivity contribution in [3.63, 3.8) is 0 Å². The van der Waals surface area contributed by atoms with E-state index in [1.807, 2.05) is 133 Å². The van der Waals surface area contributed by atoms with E-state index in [4.69, 9.17) is 0 Å². The van der Waals surface area contributed by atoms with E-state index in [1.165, 1.54) is 0 Å². The molecule has 0 saturated heterocycles. The molecule has 2 heterocycles. The third kappa shape index (κ3) is 7.34. The second-order valence-corrected chi connectivity index (χ2v) is 18.3. The Labute approximate surface area is 436 Å². The van der Waals surface area contributed by atoms with E-state index in [0.717, 1.165) is 88.1 Å². The molecule has 0 aliphatic carbocycles. The van der Waals surface area contributed by atoms with Gasteiger partial charge < -0.3 is 9.13 Å². The minimum atomic E-state index is 0.267. The lowest BCUT2D eigenvalue weighted by atomic mass is 9.95. The molecule has 0 atom stereocenters. The maximum Gasteiger partial charge on any atom is 0.0998 e. The zero-order chi connectivity index (χ0) is 52.0. The second-order valence-electron chi connectivity index (χ2n) is 18.3. The summed E-state index contributed by atoms with van der Waals surface area (Å²) in [5.74, 6) is 0. The van der Waals surface area contributed by atoms with E-state index in [9.17, 15) is 36.8 Å². The largest absolute Gasteiger partial charge is 0.308 e. The third-order valence-corrected chi connectivity index (χ3v) is 14.2. The Morgan fingerprint density at radius 3 is 0.803 bits per heavy atom. The second kappa shape index (κ2) is 18.4. The smallest absolute Gasteiger partial charge is 0.0998 e. The average Bonchev–Trinajstić information content (AvgIpc) is 4.17. The molecule has 0 amide bonds. The van der Waals surface area contributed by atoms with Crippen LogP contribution in [0.3, 0.4) is 0 Å². The first kappa shape index (κ1) is 45.4. The molecule has 0 radical (unpaired) electrons. The van der Waals surface area contributed by atoms with Crippen LogP contribution in [0.25, 0.3) is 111 Å². The van der Waals surface area contributed by atoms with Gasteiger partial charge in [0.2, 0.25) is 0 Å². The van der Waals surface area contributed by atoms with Crippen molar-refractivity contribution >= 4 is 43.6 Å². The molecular weight excluding hydrogens is 931 g/mol. The van der Waals surface area contributed by atoms with Crippen molar-refractivity contribution < 1.29 is 0 Å². The Morgan fingerprint density at radius 2 is 0.526 bits per heavy atom. The number of benzene rings is 10. The molecule has 0 aliphatic rings. The maximum atomic E-state index is 11.1. The van der Waals surface area contributed by atoms with Crippen LogP contribution in [0.2, 0.25) is 0 Å². The number of aromatic nitrogens is 2. The lowest BCUT2D eigenvalue weighted by molar-refractivity contribution is 1.13. The van der Waals surface area contributed by atoms with Crippen LogP contribution < -0.4 is 0 Å². The molecule has 9 heteroatoms. The van der Waals surface area contributed by atoms with Crippen molar-refractivity contribution in [2.45, 2.75) is 0 Å². The van der Waals surface area contributed by atoms with Gasteiger partial charge in [0, 0.05) is 27.1 Å². The highest BCUT2D eigenvalue weighted by Crippen LogP contribution is 2.46. The van der Waals surface area contributed by atoms with Gasteiger partial charge >= 0.3 is 0 Å². The topological polar surface area (TPSA) is 176 Å². The minimum absolute atomic E-state index is 0.267. The Morgan fingerprint density at radius 1 is 0.250 bits per heavy atom. The summed E-state index contributed by atoms with van der Waals surface area (Å²) in [5, 5.41) is 76.4. The van der Waals surface area contributed by atoms with Crippen LogP contribution >= 0.6 is 0 Å². The Bertz CT molecular complexity index is 4290. The van der Waals surface area contributed by atoms with E-state index < -0.39 is 0 Å². The summed E-state index contributed by atoms with van der Waals surface area (Å²) in [6, 6.07) is 79.2. The lowest BCUT2D eigenvalue weighted by Crippen LogP contribution is -2.05. The van der Waals surface area contributed by atoms with E-state index in [-0.39, 0.29) is 11.1 Å². The van der Waals surface area contributed by atoms with Gasteiger partial charge in [0.15, 0.2) is 0 Å². The van der Waals surface area contributed by atoms with Gasteiger partial charge in [-0.3, -0.25) is 0 Å². The summed E-state index contributed by atoms with van der Waals surface area (Å²) in [5.41, 5.74) is 14.6. The lowest BCUT2D eigenvalue weighted by Gasteiger charge is -2.21. The molecule has 76 heavy (non-hydrogen) atoms. The molecule has 0 fully saturated rings. The normalized spacial score (nSPS) is 10.8. The molecule has 0 saturated carbocycles. The van der Waals surface area contributed by atoms with Gasteiger partial charge in [-0.05, 0) is 153 Å². The number of hydrogen-bond donors (Lipinski definition) is 0. The Balaban J connectivity index is 1.23. The molecule has 10 aromatic carbocycles. The number of nitriles is 7. The first-order chi connectivity index (χ1) is 37.4. The minimum Gasteiger partial charge on any atom is -0.308 e. The van der Waals surface area contributed by atoms with Crippen molar-refractivity contribution in [3.8, 4) is 109 Å². The fourth-order valence-electron chi connectivity index (χ4n) is 10.8. The molecule has 0 unspecified atom stereocenters. The predicted octanol–water partition coefficient (Wildman–Crippen LogP) is 15.3. The van der Waals surface area contributed by atoms with Crippen LogP contribution in [0.1, 0.15) is 38.9 Å². The third-order valence-electron chi connectivity index (χ3n) is 14.2. The highest BCUT2D eigenvalue weighted by atomic mass is 15.0. The van der Waals surface area contributed by atoms with Gasteiger partial charge in [0.25, 0.3) is 0 Å². The summed E-state index contributed by atoms with van der Waals surface area (Å²) in [6.07, 6.45) is 0. The maximum absolute atomic E-state index is 11.1.